The van der Waals surface area contributed by atoms with Crippen LogP contribution in [0.2, 0.25) is 0 Å². The van der Waals surface area contributed by atoms with Crippen LogP contribution in [0.25, 0.3) is 0 Å². The molecule has 10 heavy (non-hydrogen) atoms. The monoisotopic (exact) mass is 143 g/mol. The summed E-state index contributed by atoms with van der Waals surface area (Å²) in [5, 5.41) is 0. The molecule has 0 spiro atoms. The maximum Gasteiger partial charge on any atom is 0.216 e. The van der Waals surface area contributed by atoms with Gasteiger partial charge in [-0.05, 0) is 0 Å². The lowest BCUT2D eigenvalue weighted by Crippen LogP contribution is -1.90. The number of rotatable bonds is 1. The summed E-state index contributed by atoms with van der Waals surface area (Å²) < 4.78 is 24.2. The largest absolute Gasteiger partial charge is 0.298 e. The van der Waals surface area contributed by atoms with Crippen LogP contribution in [0, 0.1) is 11.9 Å². The molecule has 0 N–H and O–H groups in total. The predicted molar refractivity (Wildman–Crippen MR) is 29.5 cm³/mol. The van der Waals surface area contributed by atoms with Gasteiger partial charge in [0.05, 0.1) is 0 Å². The lowest BCUT2D eigenvalue weighted by molar-refractivity contribution is 0.112. The Morgan fingerprint density at radius 2 is 1.80 bits per heavy atom. The van der Waals surface area contributed by atoms with E-state index in [-0.39, 0.29) is 5.56 Å². The highest BCUT2D eigenvalue weighted by atomic mass is 19.1. The number of hydrogen-bond donors (Lipinski definition) is 0. The van der Waals surface area contributed by atoms with E-state index in [2.05, 4.69) is 4.98 Å². The minimum atomic E-state index is -0.984. The molecule has 0 aliphatic carbocycles. The van der Waals surface area contributed by atoms with Crippen LogP contribution in [0.5, 0.6) is 0 Å². The molecule has 0 aromatic carbocycles. The molecule has 1 heterocycles. The van der Waals surface area contributed by atoms with E-state index in [1.807, 2.05) is 0 Å². The van der Waals surface area contributed by atoms with E-state index >= 15 is 0 Å². The summed E-state index contributed by atoms with van der Waals surface area (Å²) in [6.07, 6.45) is 0.355. The highest BCUT2D eigenvalue weighted by molar-refractivity contribution is 5.74. The Balaban J connectivity index is 3.18. The van der Waals surface area contributed by atoms with Crippen LogP contribution in [0.4, 0.5) is 8.78 Å². The first kappa shape index (κ1) is 6.80. The molecule has 0 unspecified atom stereocenters. The highest BCUT2D eigenvalue weighted by Gasteiger charge is 1.98. The van der Waals surface area contributed by atoms with Gasteiger partial charge in [0.25, 0.3) is 0 Å². The number of aldehydes is 1. The van der Waals surface area contributed by atoms with Crippen molar-refractivity contribution in [3.63, 3.8) is 0 Å². The molecule has 1 aromatic rings. The number of pyridine rings is 1. The van der Waals surface area contributed by atoms with E-state index in [1.54, 1.807) is 0 Å². The Morgan fingerprint density at radius 1 is 1.30 bits per heavy atom. The first-order valence-electron chi connectivity index (χ1n) is 2.50. The van der Waals surface area contributed by atoms with Gasteiger partial charge in [-0.2, -0.15) is 13.8 Å². The number of hydrogen-bond acceptors (Lipinski definition) is 2. The van der Waals surface area contributed by atoms with Crippen molar-refractivity contribution >= 4 is 6.29 Å². The van der Waals surface area contributed by atoms with E-state index in [0.29, 0.717) is 6.29 Å². The fourth-order valence-electron chi connectivity index (χ4n) is 0.551. The molecule has 0 atom stereocenters. The Bertz CT molecular complexity index is 242. The molecule has 0 radical (unpaired) electrons. The summed E-state index contributed by atoms with van der Waals surface area (Å²) in [5.74, 6) is -1.97. The second-order valence-corrected chi connectivity index (χ2v) is 1.66. The Labute approximate surface area is 55.5 Å². The van der Waals surface area contributed by atoms with Gasteiger partial charge in [0.15, 0.2) is 0 Å². The average molecular weight is 143 g/mol. The van der Waals surface area contributed by atoms with Crippen LogP contribution in [0.1, 0.15) is 10.4 Å². The normalized spacial score (nSPS) is 9.40. The van der Waals surface area contributed by atoms with Crippen molar-refractivity contribution in [1.29, 1.82) is 0 Å². The standard InChI is InChI=1S/C6H3F2NO/c7-5-1-4(3-10)2-6(8)9-5/h1-3H. The van der Waals surface area contributed by atoms with Gasteiger partial charge >= 0.3 is 0 Å². The second kappa shape index (κ2) is 2.51. The third-order valence-electron chi connectivity index (χ3n) is 0.921. The molecule has 0 aliphatic heterocycles. The molecule has 0 fully saturated rings. The summed E-state index contributed by atoms with van der Waals surface area (Å²) in [4.78, 5) is 12.7. The van der Waals surface area contributed by atoms with Crippen molar-refractivity contribution in [2.75, 3.05) is 0 Å². The molecule has 0 amide bonds. The molecule has 0 aliphatic rings. The molecule has 0 saturated carbocycles. The third-order valence-corrected chi connectivity index (χ3v) is 0.921. The van der Waals surface area contributed by atoms with Gasteiger partial charge in [-0.1, -0.05) is 0 Å². The van der Waals surface area contributed by atoms with Gasteiger partial charge in [-0.3, -0.25) is 4.79 Å². The molecule has 0 saturated heterocycles. The zero-order chi connectivity index (χ0) is 7.56. The third kappa shape index (κ3) is 1.34. The average Bonchev–Trinajstić information content (AvgIpc) is 1.85. The SMILES string of the molecule is O=Cc1cc(F)nc(F)c1. The summed E-state index contributed by atoms with van der Waals surface area (Å²) >= 11 is 0. The number of nitrogens with zero attached hydrogens (tertiary/aromatic N) is 1. The Hall–Kier alpha value is -1.32. The van der Waals surface area contributed by atoms with Crippen molar-refractivity contribution < 1.29 is 13.6 Å². The van der Waals surface area contributed by atoms with Gasteiger partial charge in [0.2, 0.25) is 11.9 Å². The van der Waals surface area contributed by atoms with Crippen molar-refractivity contribution in [3.8, 4) is 0 Å². The maximum absolute atomic E-state index is 12.1. The number of carbonyl (C=O) groups excluding carboxylic acids is 1. The fourth-order valence-corrected chi connectivity index (χ4v) is 0.551. The summed E-state index contributed by atoms with van der Waals surface area (Å²) in [6, 6.07) is 1.71. The minimum absolute atomic E-state index is 0.0509. The van der Waals surface area contributed by atoms with E-state index < -0.39 is 11.9 Å². The Morgan fingerprint density at radius 3 is 2.20 bits per heavy atom. The molecular weight excluding hydrogens is 140 g/mol. The first-order valence-corrected chi connectivity index (χ1v) is 2.50. The highest BCUT2D eigenvalue weighted by Crippen LogP contribution is 2.00. The van der Waals surface area contributed by atoms with Crippen LogP contribution < -0.4 is 0 Å². The zero-order valence-electron chi connectivity index (χ0n) is 4.84. The van der Waals surface area contributed by atoms with Crippen LogP contribution in [0.3, 0.4) is 0 Å². The second-order valence-electron chi connectivity index (χ2n) is 1.66. The molecule has 1 aromatic heterocycles. The smallest absolute Gasteiger partial charge is 0.216 e. The van der Waals surface area contributed by atoms with Crippen molar-refractivity contribution in [2.45, 2.75) is 0 Å². The van der Waals surface area contributed by atoms with Gasteiger partial charge in [-0.25, -0.2) is 0 Å². The first-order chi connectivity index (χ1) is 4.72. The fraction of sp³-hybridized carbons (Fsp3) is 0. The van der Waals surface area contributed by atoms with Gasteiger partial charge in [-0.15, -0.1) is 0 Å². The lowest BCUT2D eigenvalue weighted by Gasteiger charge is -1.89. The Kier molecular flexibility index (Phi) is 1.71. The van der Waals surface area contributed by atoms with Crippen molar-refractivity contribution in [2.24, 2.45) is 0 Å². The number of halogens is 2. The zero-order valence-corrected chi connectivity index (χ0v) is 4.84. The molecule has 4 heteroatoms. The van der Waals surface area contributed by atoms with E-state index in [0.717, 1.165) is 12.1 Å². The molecule has 0 bridgehead atoms. The number of carbonyl (C=O) groups is 1. The summed E-state index contributed by atoms with van der Waals surface area (Å²) in [6.45, 7) is 0. The maximum atomic E-state index is 12.1. The number of aromatic nitrogens is 1. The predicted octanol–water partition coefficient (Wildman–Crippen LogP) is 1.17. The lowest BCUT2D eigenvalue weighted by atomic mass is 10.3. The van der Waals surface area contributed by atoms with E-state index in [4.69, 9.17) is 0 Å². The minimum Gasteiger partial charge on any atom is -0.298 e. The van der Waals surface area contributed by atoms with Crippen LogP contribution >= 0.6 is 0 Å². The summed E-state index contributed by atoms with van der Waals surface area (Å²) in [7, 11) is 0. The molecule has 52 valence electrons. The van der Waals surface area contributed by atoms with Gasteiger partial charge in [0.1, 0.15) is 6.29 Å². The van der Waals surface area contributed by atoms with Crippen molar-refractivity contribution in [1.82, 2.24) is 4.98 Å². The summed E-state index contributed by atoms with van der Waals surface area (Å²) in [5.41, 5.74) is -0.0509. The van der Waals surface area contributed by atoms with Crippen molar-refractivity contribution in [3.05, 3.63) is 29.6 Å². The van der Waals surface area contributed by atoms with Gasteiger partial charge in [0, 0.05) is 17.7 Å². The van der Waals surface area contributed by atoms with E-state index in [1.165, 1.54) is 0 Å². The van der Waals surface area contributed by atoms with Crippen LogP contribution in [0.15, 0.2) is 12.1 Å². The molecular formula is C6H3F2NO. The quantitative estimate of drug-likeness (QED) is 0.436. The van der Waals surface area contributed by atoms with Gasteiger partial charge < -0.3 is 0 Å². The van der Waals surface area contributed by atoms with Crippen LogP contribution in [-0.4, -0.2) is 11.3 Å². The molecule has 2 nitrogen and oxygen atoms in total. The van der Waals surface area contributed by atoms with Crippen LogP contribution in [-0.2, 0) is 0 Å². The molecule has 1 rings (SSSR count). The topological polar surface area (TPSA) is 30.0 Å². The van der Waals surface area contributed by atoms with E-state index in [9.17, 15) is 13.6 Å².